The fourth-order valence-corrected chi connectivity index (χ4v) is 2.52. The van der Waals surface area contributed by atoms with Gasteiger partial charge in [-0.2, -0.15) is 5.10 Å². The largest absolute Gasteiger partial charge is 0.352 e. The molecule has 0 bridgehead atoms. The Bertz CT molecular complexity index is 973. The van der Waals surface area contributed by atoms with Gasteiger partial charge in [0, 0.05) is 37.3 Å². The Kier molecular flexibility index (Phi) is 6.11. The number of nitrogens with one attached hydrogen (secondary N) is 2. The normalized spacial score (nSPS) is 10.5. The van der Waals surface area contributed by atoms with Crippen LogP contribution in [0, 0.1) is 11.6 Å². The summed E-state index contributed by atoms with van der Waals surface area (Å²) in [6.07, 6.45) is 3.50. The van der Waals surface area contributed by atoms with E-state index in [-0.39, 0.29) is 24.4 Å². The first-order chi connectivity index (χ1) is 13.5. The molecule has 28 heavy (non-hydrogen) atoms. The number of rotatable bonds is 7. The SMILES string of the molecule is O=C(CCNC(=O)c1ccc(F)cc1F)NCc1cnn(-c2ccccc2)c1. The lowest BCUT2D eigenvalue weighted by Crippen LogP contribution is -2.30. The lowest BCUT2D eigenvalue weighted by molar-refractivity contribution is -0.121. The maximum absolute atomic E-state index is 13.5. The van der Waals surface area contributed by atoms with E-state index >= 15 is 0 Å². The van der Waals surface area contributed by atoms with Crippen LogP contribution >= 0.6 is 0 Å². The summed E-state index contributed by atoms with van der Waals surface area (Å²) in [5.74, 6) is -2.68. The predicted molar refractivity (Wildman–Crippen MR) is 98.7 cm³/mol. The summed E-state index contributed by atoms with van der Waals surface area (Å²) in [4.78, 5) is 23.8. The highest BCUT2D eigenvalue weighted by Crippen LogP contribution is 2.09. The van der Waals surface area contributed by atoms with Gasteiger partial charge in [0.15, 0.2) is 0 Å². The number of halogens is 2. The molecule has 2 amide bonds. The second-order valence-electron chi connectivity index (χ2n) is 6.04. The molecule has 0 fully saturated rings. The summed E-state index contributed by atoms with van der Waals surface area (Å²) in [6.45, 7) is 0.330. The monoisotopic (exact) mass is 384 g/mol. The molecule has 0 aliphatic rings. The fraction of sp³-hybridized carbons (Fsp3) is 0.150. The van der Waals surface area contributed by atoms with Gasteiger partial charge in [0.1, 0.15) is 11.6 Å². The highest BCUT2D eigenvalue weighted by atomic mass is 19.1. The molecule has 1 aromatic heterocycles. The van der Waals surface area contributed by atoms with Gasteiger partial charge >= 0.3 is 0 Å². The third-order valence-electron chi connectivity index (χ3n) is 3.96. The number of aromatic nitrogens is 2. The van der Waals surface area contributed by atoms with Crippen LogP contribution in [0.3, 0.4) is 0 Å². The van der Waals surface area contributed by atoms with Crippen LogP contribution in [-0.2, 0) is 11.3 Å². The van der Waals surface area contributed by atoms with E-state index in [1.807, 2.05) is 36.5 Å². The zero-order valence-corrected chi connectivity index (χ0v) is 14.9. The number of nitrogens with zero attached hydrogens (tertiary/aromatic N) is 2. The van der Waals surface area contributed by atoms with E-state index in [4.69, 9.17) is 0 Å². The van der Waals surface area contributed by atoms with Crippen molar-refractivity contribution in [1.29, 1.82) is 0 Å². The minimum Gasteiger partial charge on any atom is -0.352 e. The Morgan fingerprint density at radius 1 is 1.04 bits per heavy atom. The van der Waals surface area contributed by atoms with Gasteiger partial charge in [0.2, 0.25) is 5.91 Å². The fourth-order valence-electron chi connectivity index (χ4n) is 2.52. The van der Waals surface area contributed by atoms with Crippen molar-refractivity contribution in [2.24, 2.45) is 0 Å². The molecule has 0 aliphatic heterocycles. The van der Waals surface area contributed by atoms with Crippen molar-refractivity contribution in [2.45, 2.75) is 13.0 Å². The Morgan fingerprint density at radius 2 is 1.82 bits per heavy atom. The van der Waals surface area contributed by atoms with Crippen LogP contribution in [0.4, 0.5) is 8.78 Å². The molecule has 0 saturated heterocycles. The van der Waals surface area contributed by atoms with Gasteiger partial charge in [0.25, 0.3) is 5.91 Å². The molecular formula is C20H18F2N4O2. The average Bonchev–Trinajstić information content (AvgIpc) is 3.16. The van der Waals surface area contributed by atoms with Crippen molar-refractivity contribution >= 4 is 11.8 Å². The molecule has 3 aromatic rings. The standard InChI is InChI=1S/C20H18F2N4O2/c21-15-6-7-17(18(22)10-15)20(28)23-9-8-19(27)24-11-14-12-25-26(13-14)16-4-2-1-3-5-16/h1-7,10,12-13H,8-9,11H2,(H,23,28)(H,24,27). The van der Waals surface area contributed by atoms with E-state index < -0.39 is 17.5 Å². The Balaban J connectivity index is 1.42. The third kappa shape index (κ3) is 5.00. The summed E-state index contributed by atoms with van der Waals surface area (Å²) in [5.41, 5.74) is 1.47. The first kappa shape index (κ1) is 19.2. The van der Waals surface area contributed by atoms with Gasteiger partial charge < -0.3 is 10.6 Å². The second kappa shape index (κ2) is 8.90. The maximum atomic E-state index is 13.5. The van der Waals surface area contributed by atoms with E-state index in [0.29, 0.717) is 12.6 Å². The van der Waals surface area contributed by atoms with Gasteiger partial charge in [-0.05, 0) is 24.3 Å². The first-order valence-electron chi connectivity index (χ1n) is 8.62. The highest BCUT2D eigenvalue weighted by Gasteiger charge is 2.12. The quantitative estimate of drug-likeness (QED) is 0.657. The molecule has 0 radical (unpaired) electrons. The molecule has 0 spiro atoms. The molecule has 0 aliphatic carbocycles. The van der Waals surface area contributed by atoms with Gasteiger partial charge in [0.05, 0.1) is 17.4 Å². The van der Waals surface area contributed by atoms with Gasteiger partial charge in [-0.15, -0.1) is 0 Å². The maximum Gasteiger partial charge on any atom is 0.254 e. The van der Waals surface area contributed by atoms with Crippen LogP contribution in [0.25, 0.3) is 5.69 Å². The van der Waals surface area contributed by atoms with Gasteiger partial charge in [-0.3, -0.25) is 9.59 Å². The molecule has 8 heteroatoms. The molecular weight excluding hydrogens is 366 g/mol. The third-order valence-corrected chi connectivity index (χ3v) is 3.96. The molecule has 144 valence electrons. The molecule has 3 rings (SSSR count). The van der Waals surface area contributed by atoms with E-state index in [0.717, 1.165) is 23.4 Å². The predicted octanol–water partition coefficient (Wildman–Crippen LogP) is 2.59. The van der Waals surface area contributed by atoms with Gasteiger partial charge in [-0.25, -0.2) is 13.5 Å². The zero-order chi connectivity index (χ0) is 19.9. The topological polar surface area (TPSA) is 76.0 Å². The summed E-state index contributed by atoms with van der Waals surface area (Å²) in [7, 11) is 0. The molecule has 2 aromatic carbocycles. The lowest BCUT2D eigenvalue weighted by atomic mass is 10.2. The number of para-hydroxylation sites is 1. The van der Waals surface area contributed by atoms with Crippen LogP contribution < -0.4 is 10.6 Å². The minimum atomic E-state index is -0.947. The van der Waals surface area contributed by atoms with E-state index in [1.165, 1.54) is 0 Å². The van der Waals surface area contributed by atoms with Crippen molar-refractivity contribution in [2.75, 3.05) is 6.54 Å². The molecule has 6 nitrogen and oxygen atoms in total. The van der Waals surface area contributed by atoms with E-state index in [2.05, 4.69) is 15.7 Å². The molecule has 0 atom stereocenters. The van der Waals surface area contributed by atoms with Crippen molar-refractivity contribution in [3.8, 4) is 5.69 Å². The van der Waals surface area contributed by atoms with Crippen molar-refractivity contribution in [3.05, 3.63) is 83.7 Å². The van der Waals surface area contributed by atoms with Crippen LogP contribution in [0.1, 0.15) is 22.3 Å². The van der Waals surface area contributed by atoms with Crippen LogP contribution in [0.2, 0.25) is 0 Å². The van der Waals surface area contributed by atoms with Gasteiger partial charge in [-0.1, -0.05) is 18.2 Å². The number of benzene rings is 2. The van der Waals surface area contributed by atoms with Crippen LogP contribution in [-0.4, -0.2) is 28.1 Å². The van der Waals surface area contributed by atoms with Crippen molar-refractivity contribution in [3.63, 3.8) is 0 Å². The van der Waals surface area contributed by atoms with Crippen LogP contribution in [0.5, 0.6) is 0 Å². The highest BCUT2D eigenvalue weighted by molar-refractivity contribution is 5.94. The molecule has 2 N–H and O–H groups in total. The van der Waals surface area contributed by atoms with E-state index in [9.17, 15) is 18.4 Å². The number of amides is 2. The molecule has 1 heterocycles. The van der Waals surface area contributed by atoms with Crippen molar-refractivity contribution in [1.82, 2.24) is 20.4 Å². The number of carbonyl (C=O) groups is 2. The summed E-state index contributed by atoms with van der Waals surface area (Å²) in [6, 6.07) is 12.3. The Labute approximate surface area is 160 Å². The zero-order valence-electron chi connectivity index (χ0n) is 14.9. The summed E-state index contributed by atoms with van der Waals surface area (Å²) in [5, 5.41) is 9.41. The summed E-state index contributed by atoms with van der Waals surface area (Å²) < 4.78 is 28.1. The number of carbonyl (C=O) groups excluding carboxylic acids is 2. The smallest absolute Gasteiger partial charge is 0.254 e. The van der Waals surface area contributed by atoms with E-state index in [1.54, 1.807) is 10.9 Å². The Morgan fingerprint density at radius 3 is 2.57 bits per heavy atom. The molecule has 0 saturated carbocycles. The first-order valence-corrected chi connectivity index (χ1v) is 8.62. The average molecular weight is 384 g/mol. The second-order valence-corrected chi connectivity index (χ2v) is 6.04. The number of hydrogen-bond acceptors (Lipinski definition) is 3. The minimum absolute atomic E-state index is 0.0291. The summed E-state index contributed by atoms with van der Waals surface area (Å²) >= 11 is 0. The number of hydrogen-bond donors (Lipinski definition) is 2. The van der Waals surface area contributed by atoms with Crippen molar-refractivity contribution < 1.29 is 18.4 Å². The lowest BCUT2D eigenvalue weighted by Gasteiger charge is -2.07. The molecule has 0 unspecified atom stereocenters. The Hall–Kier alpha value is -3.55. The van der Waals surface area contributed by atoms with Crippen LogP contribution in [0.15, 0.2) is 60.9 Å².